The minimum atomic E-state index is -0.369. The number of nitrogens with zero attached hydrogens (tertiary/aromatic N) is 3. The van der Waals surface area contributed by atoms with Crippen LogP contribution in [0, 0.1) is 10.5 Å². The number of benzene rings is 2. The molecule has 32 heavy (non-hydrogen) atoms. The number of allylic oxidation sites excluding steroid dienone is 1. The van der Waals surface area contributed by atoms with Crippen LogP contribution >= 0.6 is 34.4 Å². The second kappa shape index (κ2) is 11.3. The van der Waals surface area contributed by atoms with Gasteiger partial charge in [0.05, 0.1) is 11.8 Å². The normalized spacial score (nSPS) is 11.6. The first-order valence-corrected chi connectivity index (χ1v) is 12.0. The summed E-state index contributed by atoms with van der Waals surface area (Å²) in [4.78, 5) is 24.9. The maximum atomic E-state index is 12.6. The maximum Gasteiger partial charge on any atom is 0.251 e. The van der Waals surface area contributed by atoms with Gasteiger partial charge in [0.25, 0.3) is 5.91 Å². The third-order valence-corrected chi connectivity index (χ3v) is 6.25. The minimum Gasteiger partial charge on any atom is -0.342 e. The van der Waals surface area contributed by atoms with Gasteiger partial charge in [-0.2, -0.15) is 0 Å². The van der Waals surface area contributed by atoms with Crippen molar-refractivity contribution < 1.29 is 9.59 Å². The molecule has 3 rings (SSSR count). The SMILES string of the molecule is C=CCn1c(SCC(=O)Nc2ccc(I)cc2)nnc1[C@H](C)NC(=O)c1ccc(C)cc1. The molecule has 0 aliphatic carbocycles. The lowest BCUT2D eigenvalue weighted by atomic mass is 10.1. The summed E-state index contributed by atoms with van der Waals surface area (Å²) in [7, 11) is 0. The molecule has 0 saturated heterocycles. The smallest absolute Gasteiger partial charge is 0.251 e. The van der Waals surface area contributed by atoms with Gasteiger partial charge in [-0.1, -0.05) is 35.5 Å². The number of carbonyl (C=O) groups excluding carboxylic acids is 2. The Morgan fingerprint density at radius 2 is 1.84 bits per heavy atom. The molecule has 1 heterocycles. The third-order valence-electron chi connectivity index (χ3n) is 4.57. The van der Waals surface area contributed by atoms with E-state index in [-0.39, 0.29) is 23.6 Å². The van der Waals surface area contributed by atoms with Gasteiger partial charge in [0.2, 0.25) is 5.91 Å². The molecule has 0 radical (unpaired) electrons. The van der Waals surface area contributed by atoms with Crippen molar-refractivity contribution in [2.45, 2.75) is 31.6 Å². The summed E-state index contributed by atoms with van der Waals surface area (Å²) < 4.78 is 2.96. The molecule has 2 amide bonds. The molecule has 1 aromatic heterocycles. The predicted molar refractivity (Wildman–Crippen MR) is 136 cm³/mol. The molecule has 0 saturated carbocycles. The molecule has 0 aliphatic rings. The monoisotopic (exact) mass is 561 g/mol. The lowest BCUT2D eigenvalue weighted by Gasteiger charge is -2.15. The molecule has 2 N–H and O–H groups in total. The molecular weight excluding hydrogens is 537 g/mol. The van der Waals surface area contributed by atoms with E-state index < -0.39 is 0 Å². The number of hydrogen-bond donors (Lipinski definition) is 2. The molecule has 2 aromatic carbocycles. The number of anilines is 1. The van der Waals surface area contributed by atoms with Crippen LogP contribution in [0.25, 0.3) is 0 Å². The number of rotatable bonds is 9. The summed E-state index contributed by atoms with van der Waals surface area (Å²) in [6.07, 6.45) is 1.73. The lowest BCUT2D eigenvalue weighted by molar-refractivity contribution is -0.113. The van der Waals surface area contributed by atoms with Crippen LogP contribution in [0.2, 0.25) is 0 Å². The highest BCUT2D eigenvalue weighted by atomic mass is 127. The first-order chi connectivity index (χ1) is 15.4. The Kier molecular flexibility index (Phi) is 8.46. The molecule has 9 heteroatoms. The Morgan fingerprint density at radius 1 is 1.16 bits per heavy atom. The molecule has 0 unspecified atom stereocenters. The van der Waals surface area contributed by atoms with E-state index in [1.54, 1.807) is 18.2 Å². The first-order valence-electron chi connectivity index (χ1n) is 9.97. The van der Waals surface area contributed by atoms with E-state index in [4.69, 9.17) is 0 Å². The van der Waals surface area contributed by atoms with Crippen molar-refractivity contribution in [2.75, 3.05) is 11.1 Å². The molecule has 1 atom stereocenters. The molecule has 0 bridgehead atoms. The molecule has 3 aromatic rings. The fraction of sp³-hybridized carbons (Fsp3) is 0.217. The summed E-state index contributed by atoms with van der Waals surface area (Å²) in [6.45, 7) is 8.09. The summed E-state index contributed by atoms with van der Waals surface area (Å²) in [5.74, 6) is 0.472. The standard InChI is InChI=1S/C23H24IN5O2S/c1-4-13-29-21(16(3)25-22(31)17-7-5-15(2)6-8-17)27-28-23(29)32-14-20(30)26-19-11-9-18(24)10-12-19/h4-12,16H,1,13-14H2,2-3H3,(H,25,31)(H,26,30)/t16-/m0/s1. The zero-order valence-corrected chi connectivity index (χ0v) is 20.8. The van der Waals surface area contributed by atoms with E-state index in [9.17, 15) is 9.59 Å². The third kappa shape index (κ3) is 6.42. The Balaban J connectivity index is 1.65. The van der Waals surface area contributed by atoms with Crippen molar-refractivity contribution in [3.05, 3.63) is 81.7 Å². The fourth-order valence-corrected chi connectivity index (χ4v) is 4.05. The van der Waals surface area contributed by atoms with Crippen LogP contribution in [0.3, 0.4) is 0 Å². The van der Waals surface area contributed by atoms with Crippen LogP contribution in [0.4, 0.5) is 5.69 Å². The van der Waals surface area contributed by atoms with Gasteiger partial charge in [-0.25, -0.2) is 0 Å². The van der Waals surface area contributed by atoms with Crippen LogP contribution in [-0.2, 0) is 11.3 Å². The van der Waals surface area contributed by atoms with E-state index in [1.165, 1.54) is 11.8 Å². The summed E-state index contributed by atoms with van der Waals surface area (Å²) in [6, 6.07) is 14.6. The molecular formula is C23H24IN5O2S. The van der Waals surface area contributed by atoms with Gasteiger partial charge < -0.3 is 15.2 Å². The van der Waals surface area contributed by atoms with Crippen LogP contribution < -0.4 is 10.6 Å². The van der Waals surface area contributed by atoms with E-state index in [1.807, 2.05) is 54.8 Å². The predicted octanol–water partition coefficient (Wildman–Crippen LogP) is 4.60. The quantitative estimate of drug-likeness (QED) is 0.227. The number of halogens is 1. The molecule has 0 aliphatic heterocycles. The summed E-state index contributed by atoms with van der Waals surface area (Å²) >= 11 is 3.50. The number of hydrogen-bond acceptors (Lipinski definition) is 5. The van der Waals surface area contributed by atoms with E-state index in [0.717, 1.165) is 14.8 Å². The number of thioether (sulfide) groups is 1. The molecule has 166 valence electrons. The maximum absolute atomic E-state index is 12.6. The van der Waals surface area contributed by atoms with Crippen molar-refractivity contribution in [1.29, 1.82) is 0 Å². The first kappa shape index (κ1) is 24.0. The van der Waals surface area contributed by atoms with Crippen LogP contribution in [0.5, 0.6) is 0 Å². The van der Waals surface area contributed by atoms with Crippen molar-refractivity contribution in [2.24, 2.45) is 0 Å². The highest BCUT2D eigenvalue weighted by Crippen LogP contribution is 2.22. The van der Waals surface area contributed by atoms with Gasteiger partial charge >= 0.3 is 0 Å². The number of amides is 2. The van der Waals surface area contributed by atoms with Crippen LogP contribution in [0.1, 0.15) is 34.7 Å². The van der Waals surface area contributed by atoms with Crippen molar-refractivity contribution >= 4 is 51.9 Å². The number of aryl methyl sites for hydroxylation is 1. The fourth-order valence-electron chi connectivity index (χ4n) is 2.94. The highest BCUT2D eigenvalue weighted by molar-refractivity contribution is 14.1. The highest BCUT2D eigenvalue weighted by Gasteiger charge is 2.20. The van der Waals surface area contributed by atoms with Gasteiger partial charge in [0, 0.05) is 21.4 Å². The van der Waals surface area contributed by atoms with Crippen LogP contribution in [0.15, 0.2) is 66.3 Å². The summed E-state index contributed by atoms with van der Waals surface area (Å²) in [5, 5.41) is 14.9. The average molecular weight is 561 g/mol. The van der Waals surface area contributed by atoms with Crippen molar-refractivity contribution in [3.8, 4) is 0 Å². The van der Waals surface area contributed by atoms with Crippen LogP contribution in [-0.4, -0.2) is 32.3 Å². The van der Waals surface area contributed by atoms with E-state index in [0.29, 0.717) is 23.1 Å². The topological polar surface area (TPSA) is 88.9 Å². The zero-order valence-electron chi connectivity index (χ0n) is 17.8. The van der Waals surface area contributed by atoms with Gasteiger partial charge in [-0.05, 0) is 72.8 Å². The van der Waals surface area contributed by atoms with Gasteiger partial charge in [0.15, 0.2) is 11.0 Å². The Bertz CT molecular complexity index is 1100. The number of carbonyl (C=O) groups is 2. The van der Waals surface area contributed by atoms with Gasteiger partial charge in [-0.3, -0.25) is 9.59 Å². The van der Waals surface area contributed by atoms with E-state index >= 15 is 0 Å². The number of aromatic nitrogens is 3. The summed E-state index contributed by atoms with van der Waals surface area (Å²) in [5.41, 5.74) is 2.42. The molecule has 0 spiro atoms. The second-order valence-electron chi connectivity index (χ2n) is 7.14. The van der Waals surface area contributed by atoms with E-state index in [2.05, 4.69) is 50.0 Å². The molecule has 0 fully saturated rings. The van der Waals surface area contributed by atoms with Crippen molar-refractivity contribution in [1.82, 2.24) is 20.1 Å². The second-order valence-corrected chi connectivity index (χ2v) is 9.33. The largest absolute Gasteiger partial charge is 0.342 e. The minimum absolute atomic E-state index is 0.133. The Morgan fingerprint density at radius 3 is 2.50 bits per heavy atom. The molecule has 7 nitrogen and oxygen atoms in total. The van der Waals surface area contributed by atoms with Gasteiger partial charge in [-0.15, -0.1) is 16.8 Å². The lowest BCUT2D eigenvalue weighted by Crippen LogP contribution is -2.28. The zero-order chi connectivity index (χ0) is 23.1. The number of nitrogens with one attached hydrogen (secondary N) is 2. The Labute approximate surface area is 205 Å². The van der Waals surface area contributed by atoms with Gasteiger partial charge in [0.1, 0.15) is 0 Å². The average Bonchev–Trinajstić information content (AvgIpc) is 3.17. The van der Waals surface area contributed by atoms with Crippen molar-refractivity contribution in [3.63, 3.8) is 0 Å². The Hall–Kier alpha value is -2.66.